The first kappa shape index (κ1) is 6.21. The van der Waals surface area contributed by atoms with E-state index in [1.54, 1.807) is 6.21 Å². The predicted molar refractivity (Wildman–Crippen MR) is 32.1 cm³/mol. The summed E-state index contributed by atoms with van der Waals surface area (Å²) in [6.07, 6.45) is 3.18. The van der Waals surface area contributed by atoms with Crippen molar-refractivity contribution < 1.29 is 0 Å². The molecule has 0 atom stereocenters. The maximum absolute atomic E-state index is 5.08. The fraction of sp³-hybridized carbons (Fsp3) is 0.400. The van der Waals surface area contributed by atoms with E-state index in [1.165, 1.54) is 6.20 Å². The average molecular weight is 98.1 g/mol. The van der Waals surface area contributed by atoms with Gasteiger partial charge < -0.3 is 5.73 Å². The third kappa shape index (κ3) is 3.03. The molecule has 0 bridgehead atoms. The zero-order valence-electron chi connectivity index (χ0n) is 4.68. The second kappa shape index (κ2) is 3.40. The van der Waals surface area contributed by atoms with E-state index in [-0.39, 0.29) is 0 Å². The monoisotopic (exact) mass is 98.1 g/mol. The van der Waals surface area contributed by atoms with Crippen LogP contribution in [0.5, 0.6) is 0 Å². The SMILES string of the molecule is CC=N/C(C)=C/N. The van der Waals surface area contributed by atoms with Crippen molar-refractivity contribution in [1.29, 1.82) is 0 Å². The van der Waals surface area contributed by atoms with Gasteiger partial charge in [-0.05, 0) is 13.8 Å². The zero-order chi connectivity index (χ0) is 5.70. The molecule has 0 aromatic heterocycles. The van der Waals surface area contributed by atoms with Crippen molar-refractivity contribution >= 4 is 6.21 Å². The summed E-state index contributed by atoms with van der Waals surface area (Å²) in [5.74, 6) is 0. The van der Waals surface area contributed by atoms with Gasteiger partial charge in [-0.3, -0.25) is 4.99 Å². The van der Waals surface area contributed by atoms with Crippen LogP contribution in [-0.4, -0.2) is 6.21 Å². The minimum Gasteiger partial charge on any atom is -0.403 e. The lowest BCUT2D eigenvalue weighted by molar-refractivity contribution is 1.27. The number of hydrogen-bond donors (Lipinski definition) is 1. The van der Waals surface area contributed by atoms with E-state index in [4.69, 9.17) is 5.73 Å². The van der Waals surface area contributed by atoms with E-state index in [0.29, 0.717) is 0 Å². The Morgan fingerprint density at radius 2 is 2.29 bits per heavy atom. The summed E-state index contributed by atoms with van der Waals surface area (Å²) >= 11 is 0. The highest BCUT2D eigenvalue weighted by atomic mass is 14.7. The first-order chi connectivity index (χ1) is 3.31. The van der Waals surface area contributed by atoms with Gasteiger partial charge in [-0.15, -0.1) is 0 Å². The van der Waals surface area contributed by atoms with Gasteiger partial charge in [0.1, 0.15) is 0 Å². The van der Waals surface area contributed by atoms with Gasteiger partial charge in [0.2, 0.25) is 0 Å². The zero-order valence-corrected chi connectivity index (χ0v) is 4.68. The Balaban J connectivity index is 3.58. The van der Waals surface area contributed by atoms with Crippen molar-refractivity contribution in [2.75, 3.05) is 0 Å². The van der Waals surface area contributed by atoms with Gasteiger partial charge in [0.05, 0.1) is 5.70 Å². The fourth-order valence-corrected chi connectivity index (χ4v) is 0.247. The summed E-state index contributed by atoms with van der Waals surface area (Å²) in [5.41, 5.74) is 5.93. The lowest BCUT2D eigenvalue weighted by Gasteiger charge is -1.82. The van der Waals surface area contributed by atoms with Crippen LogP contribution in [0.15, 0.2) is 16.9 Å². The average Bonchev–Trinajstić information content (AvgIpc) is 1.68. The van der Waals surface area contributed by atoms with Gasteiger partial charge in [-0.2, -0.15) is 0 Å². The smallest absolute Gasteiger partial charge is 0.0522 e. The van der Waals surface area contributed by atoms with Gasteiger partial charge in [0.15, 0.2) is 0 Å². The molecule has 0 fully saturated rings. The first-order valence-corrected chi connectivity index (χ1v) is 2.18. The second-order valence-electron chi connectivity index (χ2n) is 1.20. The molecule has 0 aromatic rings. The fourth-order valence-electron chi connectivity index (χ4n) is 0.247. The van der Waals surface area contributed by atoms with E-state index >= 15 is 0 Å². The molecular formula is C5H10N2. The minimum absolute atomic E-state index is 0.850. The highest BCUT2D eigenvalue weighted by Gasteiger charge is 1.71. The Labute approximate surface area is 43.7 Å². The summed E-state index contributed by atoms with van der Waals surface area (Å²) < 4.78 is 0. The van der Waals surface area contributed by atoms with Crippen LogP contribution in [0.2, 0.25) is 0 Å². The maximum atomic E-state index is 5.08. The van der Waals surface area contributed by atoms with Crippen molar-refractivity contribution in [3.05, 3.63) is 11.9 Å². The Bertz CT molecular complexity index is 92.3. The number of rotatable bonds is 1. The number of aliphatic imine (C=N–C) groups is 1. The lowest BCUT2D eigenvalue weighted by Crippen LogP contribution is -1.79. The molecule has 0 heterocycles. The molecule has 2 heteroatoms. The lowest BCUT2D eigenvalue weighted by atomic mass is 10.5. The molecule has 0 rings (SSSR count). The first-order valence-electron chi connectivity index (χ1n) is 2.18. The minimum atomic E-state index is 0.850. The summed E-state index contributed by atoms with van der Waals surface area (Å²) in [6, 6.07) is 0. The maximum Gasteiger partial charge on any atom is 0.0522 e. The molecule has 40 valence electrons. The van der Waals surface area contributed by atoms with Crippen LogP contribution in [-0.2, 0) is 0 Å². The van der Waals surface area contributed by atoms with Crippen molar-refractivity contribution in [3.8, 4) is 0 Å². The third-order valence-electron chi connectivity index (χ3n) is 0.574. The van der Waals surface area contributed by atoms with Crippen molar-refractivity contribution in [3.63, 3.8) is 0 Å². The number of nitrogens with zero attached hydrogens (tertiary/aromatic N) is 1. The van der Waals surface area contributed by atoms with E-state index < -0.39 is 0 Å². The van der Waals surface area contributed by atoms with Crippen molar-refractivity contribution in [1.82, 2.24) is 0 Å². The molecule has 2 nitrogen and oxygen atoms in total. The Hall–Kier alpha value is -0.790. The molecule has 0 aliphatic rings. The number of allylic oxidation sites excluding steroid dienone is 1. The topological polar surface area (TPSA) is 38.4 Å². The summed E-state index contributed by atoms with van der Waals surface area (Å²) in [4.78, 5) is 3.85. The highest BCUT2D eigenvalue weighted by Crippen LogP contribution is 1.86. The van der Waals surface area contributed by atoms with Crippen LogP contribution in [0.4, 0.5) is 0 Å². The molecule has 0 saturated carbocycles. The highest BCUT2D eigenvalue weighted by molar-refractivity contribution is 5.54. The van der Waals surface area contributed by atoms with E-state index in [9.17, 15) is 0 Å². The summed E-state index contributed by atoms with van der Waals surface area (Å²) in [5, 5.41) is 0. The van der Waals surface area contributed by atoms with E-state index in [1.807, 2.05) is 13.8 Å². The molecule has 0 amide bonds. The third-order valence-corrected chi connectivity index (χ3v) is 0.574. The quantitative estimate of drug-likeness (QED) is 0.486. The Kier molecular flexibility index (Phi) is 3.02. The van der Waals surface area contributed by atoms with Crippen molar-refractivity contribution in [2.24, 2.45) is 10.7 Å². The number of nitrogens with two attached hydrogens (primary N) is 1. The van der Waals surface area contributed by atoms with Crippen molar-refractivity contribution in [2.45, 2.75) is 13.8 Å². The Morgan fingerprint density at radius 3 is 2.43 bits per heavy atom. The van der Waals surface area contributed by atoms with Gasteiger partial charge in [0.25, 0.3) is 0 Å². The van der Waals surface area contributed by atoms with Gasteiger partial charge >= 0.3 is 0 Å². The van der Waals surface area contributed by atoms with Gasteiger partial charge in [-0.1, -0.05) is 0 Å². The normalized spacial score (nSPS) is 13.1. The standard InChI is InChI=1S/C5H10N2/c1-3-7-5(2)4-6/h3-4H,6H2,1-2H3/b5-4+,7-3?. The molecule has 2 N–H and O–H groups in total. The largest absolute Gasteiger partial charge is 0.403 e. The van der Waals surface area contributed by atoms with Crippen LogP contribution in [0.25, 0.3) is 0 Å². The molecule has 0 radical (unpaired) electrons. The predicted octanol–water partition coefficient (Wildman–Crippen LogP) is 0.897. The van der Waals surface area contributed by atoms with Crippen LogP contribution in [0.3, 0.4) is 0 Å². The molecule has 0 unspecified atom stereocenters. The Morgan fingerprint density at radius 1 is 1.71 bits per heavy atom. The summed E-state index contributed by atoms with van der Waals surface area (Å²) in [7, 11) is 0. The molecular weight excluding hydrogens is 88.1 g/mol. The van der Waals surface area contributed by atoms with Gasteiger partial charge in [0, 0.05) is 12.4 Å². The molecule has 0 spiro atoms. The van der Waals surface area contributed by atoms with E-state index in [2.05, 4.69) is 4.99 Å². The molecule has 0 saturated heterocycles. The molecule has 0 aliphatic carbocycles. The molecule has 0 aliphatic heterocycles. The van der Waals surface area contributed by atoms with Crippen LogP contribution < -0.4 is 5.73 Å². The molecule has 0 aromatic carbocycles. The molecule has 7 heavy (non-hydrogen) atoms. The van der Waals surface area contributed by atoms with Crippen LogP contribution in [0, 0.1) is 0 Å². The second-order valence-corrected chi connectivity index (χ2v) is 1.20. The van der Waals surface area contributed by atoms with Gasteiger partial charge in [-0.25, -0.2) is 0 Å². The van der Waals surface area contributed by atoms with Crippen LogP contribution in [0.1, 0.15) is 13.8 Å². The van der Waals surface area contributed by atoms with Crippen LogP contribution >= 0.6 is 0 Å². The van der Waals surface area contributed by atoms with E-state index in [0.717, 1.165) is 5.70 Å². The summed E-state index contributed by atoms with van der Waals surface area (Å²) in [6.45, 7) is 3.70. The number of hydrogen-bond acceptors (Lipinski definition) is 2.